The van der Waals surface area contributed by atoms with E-state index in [9.17, 15) is 18.0 Å². The third-order valence-electron chi connectivity index (χ3n) is 8.25. The Morgan fingerprint density at radius 2 is 1.73 bits per heavy atom. The number of piperidine rings is 1. The highest BCUT2D eigenvalue weighted by Gasteiger charge is 2.33. The summed E-state index contributed by atoms with van der Waals surface area (Å²) in [5.74, 6) is 0.338. The van der Waals surface area contributed by atoms with Crippen molar-refractivity contribution in [1.82, 2.24) is 23.7 Å². The summed E-state index contributed by atoms with van der Waals surface area (Å²) in [7, 11) is -3.95. The maximum atomic E-state index is 13.6. The molecule has 2 fully saturated rings. The second-order valence-electron chi connectivity index (χ2n) is 11.3. The van der Waals surface area contributed by atoms with E-state index in [1.807, 2.05) is 42.2 Å². The third kappa shape index (κ3) is 6.64. The highest BCUT2D eigenvalue weighted by Crippen LogP contribution is 2.30. The number of aromatic nitrogens is 3. The zero-order chi connectivity index (χ0) is 31.4. The van der Waals surface area contributed by atoms with Crippen LogP contribution in [-0.2, 0) is 30.9 Å². The molecule has 2 aromatic carbocycles. The van der Waals surface area contributed by atoms with Crippen molar-refractivity contribution in [2.45, 2.75) is 37.3 Å². The van der Waals surface area contributed by atoms with Crippen LogP contribution in [-0.4, -0.2) is 96.1 Å². The molecule has 2 aliphatic heterocycles. The first-order valence-electron chi connectivity index (χ1n) is 15.0. The Morgan fingerprint density at radius 3 is 2.49 bits per heavy atom. The number of anilines is 1. The highest BCUT2D eigenvalue weighted by atomic mass is 32.2. The number of carbonyl (C=O) groups excluding carboxylic acids is 2. The fraction of sp³-hybridized carbons (Fsp3) is 0.375. The van der Waals surface area contributed by atoms with E-state index in [0.29, 0.717) is 63.4 Å². The van der Waals surface area contributed by atoms with Crippen molar-refractivity contribution in [1.29, 1.82) is 0 Å². The number of aryl methyl sites for hydroxylation is 1. The summed E-state index contributed by atoms with van der Waals surface area (Å²) in [6.45, 7) is 4.80. The predicted molar refractivity (Wildman–Crippen MR) is 167 cm³/mol. The SMILES string of the molecule is Cc1ccc(S(=O)(=O)n2ccc3c(N(CC(=O)N4CCOCC4)[C@@H]4CCCN(C(=O)OCc5ccccc5)C4)ncnc32)cc1. The minimum absolute atomic E-state index is 0.000422. The number of hydrogen-bond acceptors (Lipinski definition) is 9. The topological polar surface area (TPSA) is 127 Å². The van der Waals surface area contributed by atoms with E-state index in [-0.39, 0.29) is 35.6 Å². The lowest BCUT2D eigenvalue weighted by molar-refractivity contribution is -0.133. The summed E-state index contributed by atoms with van der Waals surface area (Å²) >= 11 is 0. The molecule has 45 heavy (non-hydrogen) atoms. The molecule has 4 aromatic rings. The molecule has 13 heteroatoms. The minimum Gasteiger partial charge on any atom is -0.445 e. The van der Waals surface area contributed by atoms with Gasteiger partial charge in [-0.2, -0.15) is 0 Å². The maximum Gasteiger partial charge on any atom is 0.410 e. The van der Waals surface area contributed by atoms with Gasteiger partial charge in [0.1, 0.15) is 18.8 Å². The van der Waals surface area contributed by atoms with E-state index >= 15 is 0 Å². The lowest BCUT2D eigenvalue weighted by Gasteiger charge is -2.40. The molecular weight excluding hydrogens is 596 g/mol. The van der Waals surface area contributed by atoms with Gasteiger partial charge in [0.05, 0.1) is 30.0 Å². The molecule has 12 nitrogen and oxygen atoms in total. The number of nitrogens with zero attached hydrogens (tertiary/aromatic N) is 6. The third-order valence-corrected chi connectivity index (χ3v) is 9.93. The van der Waals surface area contributed by atoms with Crippen LogP contribution < -0.4 is 4.90 Å². The van der Waals surface area contributed by atoms with Crippen LogP contribution in [0, 0.1) is 6.92 Å². The van der Waals surface area contributed by atoms with E-state index in [0.717, 1.165) is 15.1 Å². The van der Waals surface area contributed by atoms with Gasteiger partial charge in [-0.25, -0.2) is 27.2 Å². The smallest absolute Gasteiger partial charge is 0.410 e. The minimum atomic E-state index is -3.95. The molecule has 0 spiro atoms. The second kappa shape index (κ2) is 13.2. The van der Waals surface area contributed by atoms with Crippen LogP contribution in [0.2, 0.25) is 0 Å². The van der Waals surface area contributed by atoms with Crippen LogP contribution in [0.3, 0.4) is 0 Å². The molecule has 2 aromatic heterocycles. The average molecular weight is 633 g/mol. The van der Waals surface area contributed by atoms with Crippen molar-refractivity contribution in [3.8, 4) is 0 Å². The van der Waals surface area contributed by atoms with Gasteiger partial charge in [0.2, 0.25) is 5.91 Å². The maximum absolute atomic E-state index is 13.6. The molecule has 0 N–H and O–H groups in total. The second-order valence-corrected chi connectivity index (χ2v) is 13.1. The van der Waals surface area contributed by atoms with Crippen LogP contribution in [0.4, 0.5) is 10.6 Å². The lowest BCUT2D eigenvalue weighted by Crippen LogP contribution is -2.54. The molecule has 4 heterocycles. The quantitative estimate of drug-likeness (QED) is 0.287. The zero-order valence-electron chi connectivity index (χ0n) is 25.1. The lowest BCUT2D eigenvalue weighted by atomic mass is 10.0. The molecule has 0 saturated carbocycles. The number of amides is 2. The molecule has 0 radical (unpaired) electrons. The van der Waals surface area contributed by atoms with Crippen molar-refractivity contribution >= 4 is 38.9 Å². The van der Waals surface area contributed by atoms with Crippen LogP contribution in [0.15, 0.2) is 78.1 Å². The fourth-order valence-corrected chi connectivity index (χ4v) is 7.08. The summed E-state index contributed by atoms with van der Waals surface area (Å²) in [4.78, 5) is 41.1. The molecular formula is C32H36N6O6S. The van der Waals surface area contributed by atoms with Gasteiger partial charge in [0, 0.05) is 38.4 Å². The Kier molecular flexibility index (Phi) is 8.99. The van der Waals surface area contributed by atoms with E-state index < -0.39 is 16.1 Å². The van der Waals surface area contributed by atoms with Crippen LogP contribution >= 0.6 is 0 Å². The monoisotopic (exact) mass is 632 g/mol. The Hall–Kier alpha value is -4.49. The van der Waals surface area contributed by atoms with Gasteiger partial charge in [-0.15, -0.1) is 0 Å². The molecule has 2 aliphatic rings. The standard InChI is InChI=1S/C32H36N6O6S/c1-24-9-11-27(12-10-24)45(41,42)38-15-13-28-30(33-23-34-31(28)38)37(21-29(39)35-16-18-43-19-17-35)26-8-5-14-36(20-26)32(40)44-22-25-6-3-2-4-7-25/h2-4,6-7,9-13,15,23,26H,5,8,14,16-22H2,1H3/t26-/m1/s1. The number of carbonyl (C=O) groups is 2. The summed E-state index contributed by atoms with van der Waals surface area (Å²) in [6.07, 6.45) is 3.76. The van der Waals surface area contributed by atoms with Crippen molar-refractivity contribution in [2.75, 3.05) is 50.8 Å². The summed E-state index contributed by atoms with van der Waals surface area (Å²) in [5, 5.41) is 0.492. The number of ether oxygens (including phenoxy) is 2. The Bertz CT molecular complexity index is 1760. The number of benzene rings is 2. The van der Waals surface area contributed by atoms with Gasteiger partial charge < -0.3 is 24.2 Å². The fourth-order valence-electron chi connectivity index (χ4n) is 5.78. The molecule has 0 bridgehead atoms. The molecule has 236 valence electrons. The summed E-state index contributed by atoms with van der Waals surface area (Å²) in [6, 6.07) is 17.5. The van der Waals surface area contributed by atoms with Gasteiger partial charge in [0.25, 0.3) is 10.0 Å². The first-order valence-corrected chi connectivity index (χ1v) is 16.5. The molecule has 2 saturated heterocycles. The van der Waals surface area contributed by atoms with Crippen molar-refractivity contribution in [2.24, 2.45) is 0 Å². The Balaban J connectivity index is 1.31. The molecule has 6 rings (SSSR count). The number of morpholine rings is 1. The largest absolute Gasteiger partial charge is 0.445 e. The first kappa shape index (κ1) is 30.5. The van der Waals surface area contributed by atoms with E-state index in [1.54, 1.807) is 40.1 Å². The van der Waals surface area contributed by atoms with Gasteiger partial charge in [-0.3, -0.25) is 4.79 Å². The highest BCUT2D eigenvalue weighted by molar-refractivity contribution is 7.90. The van der Waals surface area contributed by atoms with E-state index in [1.165, 1.54) is 12.5 Å². The number of rotatable bonds is 8. The van der Waals surface area contributed by atoms with Crippen LogP contribution in [0.5, 0.6) is 0 Å². The van der Waals surface area contributed by atoms with Crippen molar-refractivity contribution in [3.05, 3.63) is 84.3 Å². The predicted octanol–water partition coefficient (Wildman–Crippen LogP) is 3.44. The summed E-state index contributed by atoms with van der Waals surface area (Å²) < 4.78 is 39.5. The molecule has 0 unspecified atom stereocenters. The van der Waals surface area contributed by atoms with E-state index in [2.05, 4.69) is 9.97 Å². The first-order chi connectivity index (χ1) is 21.8. The molecule has 2 amide bonds. The van der Waals surface area contributed by atoms with Gasteiger partial charge >= 0.3 is 6.09 Å². The van der Waals surface area contributed by atoms with Gasteiger partial charge in [0.15, 0.2) is 5.65 Å². The van der Waals surface area contributed by atoms with Crippen molar-refractivity contribution < 1.29 is 27.5 Å². The average Bonchev–Trinajstić information content (AvgIpc) is 3.53. The van der Waals surface area contributed by atoms with Gasteiger partial charge in [-0.05, 0) is 43.5 Å². The summed E-state index contributed by atoms with van der Waals surface area (Å²) in [5.41, 5.74) is 2.05. The Morgan fingerprint density at radius 1 is 0.978 bits per heavy atom. The van der Waals surface area contributed by atoms with Crippen LogP contribution in [0.1, 0.15) is 24.0 Å². The van der Waals surface area contributed by atoms with E-state index in [4.69, 9.17) is 9.47 Å². The van der Waals surface area contributed by atoms with Gasteiger partial charge in [-0.1, -0.05) is 48.0 Å². The number of fused-ring (bicyclic) bond motifs is 1. The van der Waals surface area contributed by atoms with Crippen LogP contribution in [0.25, 0.3) is 11.0 Å². The molecule has 0 aliphatic carbocycles. The van der Waals surface area contributed by atoms with Crippen molar-refractivity contribution in [3.63, 3.8) is 0 Å². The zero-order valence-corrected chi connectivity index (χ0v) is 25.9. The number of hydrogen-bond donors (Lipinski definition) is 0. The normalized spacial score (nSPS) is 17.3. The number of likely N-dealkylation sites (tertiary alicyclic amines) is 1. The molecule has 1 atom stereocenters. The Labute approximate surface area is 262 Å².